The normalized spacial score (nSPS) is 20.5. The molecule has 2 rings (SSSR count). The second-order valence-electron chi connectivity index (χ2n) is 3.63. The van der Waals surface area contributed by atoms with Crippen molar-refractivity contribution in [2.24, 2.45) is 5.92 Å². The van der Waals surface area contributed by atoms with E-state index in [1.165, 1.54) is 12.0 Å². The summed E-state index contributed by atoms with van der Waals surface area (Å²) in [6, 6.07) is 8.34. The Kier molecular flexibility index (Phi) is 2.53. The van der Waals surface area contributed by atoms with Crippen LogP contribution in [-0.2, 0) is 6.42 Å². The molecule has 0 N–H and O–H groups in total. The van der Waals surface area contributed by atoms with E-state index in [0.29, 0.717) is 5.92 Å². The van der Waals surface area contributed by atoms with Crippen LogP contribution in [0.4, 0.5) is 0 Å². The Morgan fingerprint density at radius 1 is 1.46 bits per heavy atom. The Labute approximate surface area is 79.7 Å². The molecule has 1 unspecified atom stereocenters. The van der Waals surface area contributed by atoms with Crippen LogP contribution in [0.1, 0.15) is 18.9 Å². The first-order valence-corrected chi connectivity index (χ1v) is 4.88. The van der Waals surface area contributed by atoms with Crippen molar-refractivity contribution >= 4 is 0 Å². The average Bonchev–Trinajstić information content (AvgIpc) is 2.18. The highest BCUT2D eigenvalue weighted by Crippen LogP contribution is 2.28. The summed E-state index contributed by atoms with van der Waals surface area (Å²) in [6.45, 7) is 2.99. The highest BCUT2D eigenvalue weighted by molar-refractivity contribution is 5.35. The van der Waals surface area contributed by atoms with Gasteiger partial charge in [-0.15, -0.1) is 0 Å². The van der Waals surface area contributed by atoms with Crippen LogP contribution in [-0.4, -0.2) is 6.61 Å². The molecule has 1 heteroatoms. The van der Waals surface area contributed by atoms with Crippen LogP contribution in [0.2, 0.25) is 0 Å². The predicted molar refractivity (Wildman–Crippen MR) is 53.7 cm³/mol. The topological polar surface area (TPSA) is 9.23 Å². The molecular weight excluding hydrogens is 160 g/mol. The van der Waals surface area contributed by atoms with E-state index in [9.17, 15) is 0 Å². The quantitative estimate of drug-likeness (QED) is 0.671. The number of rotatable bonds is 2. The van der Waals surface area contributed by atoms with E-state index in [0.717, 1.165) is 18.8 Å². The van der Waals surface area contributed by atoms with Gasteiger partial charge in [0.05, 0.1) is 6.61 Å². The SMILES string of the molecule is C[CH]CC1COc2ccccc2C1. The summed E-state index contributed by atoms with van der Waals surface area (Å²) in [5, 5.41) is 0. The number of hydrogen-bond acceptors (Lipinski definition) is 1. The first-order chi connectivity index (χ1) is 6.40. The molecule has 0 aliphatic carbocycles. The van der Waals surface area contributed by atoms with Crippen molar-refractivity contribution in [3.05, 3.63) is 36.2 Å². The molecule has 0 bridgehead atoms. The van der Waals surface area contributed by atoms with E-state index in [-0.39, 0.29) is 0 Å². The van der Waals surface area contributed by atoms with Crippen molar-refractivity contribution in [3.8, 4) is 5.75 Å². The maximum absolute atomic E-state index is 5.67. The minimum Gasteiger partial charge on any atom is -0.493 e. The zero-order valence-electron chi connectivity index (χ0n) is 7.99. The summed E-state index contributed by atoms with van der Waals surface area (Å²) in [5.41, 5.74) is 1.36. The van der Waals surface area contributed by atoms with Crippen LogP contribution in [0.3, 0.4) is 0 Å². The minimum atomic E-state index is 0.680. The molecule has 0 fully saturated rings. The molecule has 69 valence electrons. The first kappa shape index (κ1) is 8.61. The third-order valence-electron chi connectivity index (χ3n) is 2.52. The van der Waals surface area contributed by atoms with Gasteiger partial charge in [-0.05, 0) is 36.8 Å². The average molecular weight is 175 g/mol. The molecule has 1 aliphatic rings. The molecule has 1 atom stereocenters. The first-order valence-electron chi connectivity index (χ1n) is 4.88. The summed E-state index contributed by atoms with van der Waals surface area (Å²) in [6.07, 6.45) is 4.55. The molecule has 0 saturated carbocycles. The van der Waals surface area contributed by atoms with Crippen molar-refractivity contribution in [2.45, 2.75) is 19.8 Å². The third kappa shape index (κ3) is 1.85. The molecule has 13 heavy (non-hydrogen) atoms. The van der Waals surface area contributed by atoms with Crippen LogP contribution in [0.25, 0.3) is 0 Å². The van der Waals surface area contributed by atoms with Crippen LogP contribution >= 0.6 is 0 Å². The number of fused-ring (bicyclic) bond motifs is 1. The van der Waals surface area contributed by atoms with Gasteiger partial charge in [-0.1, -0.05) is 25.1 Å². The summed E-state index contributed by atoms with van der Waals surface area (Å²) >= 11 is 0. The van der Waals surface area contributed by atoms with Crippen LogP contribution in [0.15, 0.2) is 24.3 Å². The lowest BCUT2D eigenvalue weighted by atomic mass is 9.93. The van der Waals surface area contributed by atoms with E-state index in [1.807, 2.05) is 6.07 Å². The zero-order chi connectivity index (χ0) is 9.10. The van der Waals surface area contributed by atoms with Gasteiger partial charge in [-0.25, -0.2) is 0 Å². The molecule has 0 aromatic heterocycles. The monoisotopic (exact) mass is 175 g/mol. The standard InChI is InChI=1S/C12H15O/c1-2-5-10-8-11-6-3-4-7-12(11)13-9-10/h2-4,6-7,10H,5,8-9H2,1H3. The Hall–Kier alpha value is -0.980. The Bertz CT molecular complexity index is 280. The van der Waals surface area contributed by atoms with Gasteiger partial charge in [0.2, 0.25) is 0 Å². The van der Waals surface area contributed by atoms with Crippen molar-refractivity contribution in [1.29, 1.82) is 0 Å². The van der Waals surface area contributed by atoms with Crippen LogP contribution in [0.5, 0.6) is 5.75 Å². The van der Waals surface area contributed by atoms with Crippen molar-refractivity contribution in [1.82, 2.24) is 0 Å². The summed E-state index contributed by atoms with van der Waals surface area (Å²) in [7, 11) is 0. The van der Waals surface area contributed by atoms with Crippen LogP contribution in [0, 0.1) is 12.3 Å². The van der Waals surface area contributed by atoms with Gasteiger partial charge in [-0.2, -0.15) is 0 Å². The second-order valence-corrected chi connectivity index (χ2v) is 3.63. The molecule has 1 radical (unpaired) electrons. The Morgan fingerprint density at radius 3 is 3.15 bits per heavy atom. The second kappa shape index (κ2) is 3.82. The Morgan fingerprint density at radius 2 is 2.31 bits per heavy atom. The lowest BCUT2D eigenvalue weighted by Crippen LogP contribution is -2.20. The van der Waals surface area contributed by atoms with Gasteiger partial charge < -0.3 is 4.74 Å². The van der Waals surface area contributed by atoms with Gasteiger partial charge in [0, 0.05) is 0 Å². The highest BCUT2D eigenvalue weighted by atomic mass is 16.5. The van der Waals surface area contributed by atoms with Gasteiger partial charge in [0.15, 0.2) is 0 Å². The van der Waals surface area contributed by atoms with Crippen LogP contribution < -0.4 is 4.74 Å². The molecule has 0 spiro atoms. The predicted octanol–water partition coefficient (Wildman–Crippen LogP) is 2.85. The number of hydrogen-bond donors (Lipinski definition) is 0. The number of benzene rings is 1. The molecule has 1 aliphatic heterocycles. The summed E-state index contributed by atoms with van der Waals surface area (Å²) < 4.78 is 5.67. The van der Waals surface area contributed by atoms with Gasteiger partial charge in [-0.3, -0.25) is 0 Å². The summed E-state index contributed by atoms with van der Waals surface area (Å²) in [4.78, 5) is 0. The van der Waals surface area contributed by atoms with E-state index < -0.39 is 0 Å². The zero-order valence-corrected chi connectivity index (χ0v) is 7.99. The molecular formula is C12H15O. The summed E-state index contributed by atoms with van der Waals surface area (Å²) in [5.74, 6) is 1.76. The maximum Gasteiger partial charge on any atom is 0.122 e. The van der Waals surface area contributed by atoms with E-state index >= 15 is 0 Å². The number of para-hydroxylation sites is 1. The fourth-order valence-electron chi connectivity index (χ4n) is 1.88. The van der Waals surface area contributed by atoms with E-state index in [2.05, 4.69) is 31.5 Å². The van der Waals surface area contributed by atoms with Gasteiger partial charge in [0.1, 0.15) is 5.75 Å². The highest BCUT2D eigenvalue weighted by Gasteiger charge is 2.17. The fraction of sp³-hybridized carbons (Fsp3) is 0.417. The molecule has 0 saturated heterocycles. The molecule has 0 amide bonds. The number of ether oxygens (including phenoxy) is 1. The molecule has 1 aromatic carbocycles. The lowest BCUT2D eigenvalue weighted by molar-refractivity contribution is 0.220. The smallest absolute Gasteiger partial charge is 0.122 e. The lowest BCUT2D eigenvalue weighted by Gasteiger charge is -2.24. The largest absolute Gasteiger partial charge is 0.493 e. The van der Waals surface area contributed by atoms with E-state index in [1.54, 1.807) is 0 Å². The van der Waals surface area contributed by atoms with Gasteiger partial charge >= 0.3 is 0 Å². The van der Waals surface area contributed by atoms with E-state index in [4.69, 9.17) is 4.74 Å². The van der Waals surface area contributed by atoms with Crippen molar-refractivity contribution in [2.75, 3.05) is 6.61 Å². The van der Waals surface area contributed by atoms with Crippen molar-refractivity contribution in [3.63, 3.8) is 0 Å². The molecule has 1 heterocycles. The fourth-order valence-corrected chi connectivity index (χ4v) is 1.88. The molecule has 1 aromatic rings. The Balaban J connectivity index is 2.11. The van der Waals surface area contributed by atoms with Gasteiger partial charge in [0.25, 0.3) is 0 Å². The third-order valence-corrected chi connectivity index (χ3v) is 2.52. The maximum atomic E-state index is 5.67. The van der Waals surface area contributed by atoms with Crippen molar-refractivity contribution < 1.29 is 4.74 Å². The minimum absolute atomic E-state index is 0.680. The molecule has 1 nitrogen and oxygen atoms in total.